The standard InChI is InChI=1S/C19H18ClN3O2/c20-14-3-7-16(8-4-14)22-19(25)21-15-5-1-12(2-6-15)11-23-17-9-13(17)10-18(23)24/h1-8,13,17H,9-11H2,(H2,21,22,25). The molecule has 128 valence electrons. The minimum absolute atomic E-state index is 0.255. The molecule has 1 aliphatic carbocycles. The third kappa shape index (κ3) is 3.61. The van der Waals surface area contributed by atoms with Gasteiger partial charge in [-0.3, -0.25) is 4.79 Å². The van der Waals surface area contributed by atoms with Gasteiger partial charge in [-0.1, -0.05) is 23.7 Å². The first kappa shape index (κ1) is 16.0. The summed E-state index contributed by atoms with van der Waals surface area (Å²) < 4.78 is 0. The summed E-state index contributed by atoms with van der Waals surface area (Å²) >= 11 is 5.82. The number of amides is 3. The fraction of sp³-hybridized carbons (Fsp3) is 0.263. The van der Waals surface area contributed by atoms with Crippen molar-refractivity contribution in [2.24, 2.45) is 5.92 Å². The van der Waals surface area contributed by atoms with Gasteiger partial charge < -0.3 is 15.5 Å². The van der Waals surface area contributed by atoms with E-state index in [0.29, 0.717) is 41.3 Å². The van der Waals surface area contributed by atoms with Crippen LogP contribution in [0.2, 0.25) is 5.02 Å². The second-order valence-corrected chi connectivity index (χ2v) is 7.01. The molecular weight excluding hydrogens is 338 g/mol. The van der Waals surface area contributed by atoms with Gasteiger partial charge in [0.2, 0.25) is 5.91 Å². The Morgan fingerprint density at radius 1 is 1.04 bits per heavy atom. The van der Waals surface area contributed by atoms with E-state index < -0.39 is 0 Å². The summed E-state index contributed by atoms with van der Waals surface area (Å²) in [4.78, 5) is 25.9. The summed E-state index contributed by atoms with van der Waals surface area (Å²) in [6.45, 7) is 0.650. The molecule has 2 aromatic rings. The van der Waals surface area contributed by atoms with Crippen molar-refractivity contribution in [3.05, 3.63) is 59.1 Å². The number of carbonyl (C=O) groups excluding carboxylic acids is 2. The minimum atomic E-state index is -0.314. The average Bonchev–Trinajstić information content (AvgIpc) is 3.28. The van der Waals surface area contributed by atoms with Crippen molar-refractivity contribution in [1.29, 1.82) is 0 Å². The second kappa shape index (κ2) is 6.41. The van der Waals surface area contributed by atoms with Crippen LogP contribution in [0, 0.1) is 5.92 Å². The maximum atomic E-state index is 12.0. The molecule has 2 atom stereocenters. The number of nitrogens with zero attached hydrogens (tertiary/aromatic N) is 1. The summed E-state index contributed by atoms with van der Waals surface area (Å²) in [5.74, 6) is 0.843. The lowest BCUT2D eigenvalue weighted by Crippen LogP contribution is -2.27. The van der Waals surface area contributed by atoms with Crippen LogP contribution in [-0.4, -0.2) is 22.9 Å². The molecule has 1 saturated heterocycles. The number of piperidine rings is 1. The van der Waals surface area contributed by atoms with Crippen molar-refractivity contribution in [3.8, 4) is 0 Å². The van der Waals surface area contributed by atoms with E-state index in [1.807, 2.05) is 29.2 Å². The van der Waals surface area contributed by atoms with E-state index in [-0.39, 0.29) is 11.9 Å². The Hall–Kier alpha value is -2.53. The summed E-state index contributed by atoms with van der Waals surface area (Å²) in [7, 11) is 0. The normalized spacial score (nSPS) is 21.0. The summed E-state index contributed by atoms with van der Waals surface area (Å²) in [6.07, 6.45) is 1.85. The van der Waals surface area contributed by atoms with Gasteiger partial charge in [-0.05, 0) is 54.3 Å². The zero-order chi connectivity index (χ0) is 17.4. The van der Waals surface area contributed by atoms with Gasteiger partial charge in [0.25, 0.3) is 0 Å². The van der Waals surface area contributed by atoms with Crippen LogP contribution in [0.15, 0.2) is 48.5 Å². The van der Waals surface area contributed by atoms with E-state index in [0.717, 1.165) is 12.0 Å². The first-order chi connectivity index (χ1) is 12.1. The molecule has 25 heavy (non-hydrogen) atoms. The van der Waals surface area contributed by atoms with E-state index in [4.69, 9.17) is 11.6 Å². The summed E-state index contributed by atoms with van der Waals surface area (Å²) in [6, 6.07) is 14.6. The molecule has 0 bridgehead atoms. The van der Waals surface area contributed by atoms with Crippen molar-refractivity contribution < 1.29 is 9.59 Å². The van der Waals surface area contributed by atoms with Crippen molar-refractivity contribution in [2.45, 2.75) is 25.4 Å². The van der Waals surface area contributed by atoms with Gasteiger partial charge in [0.05, 0.1) is 0 Å². The predicted molar refractivity (Wildman–Crippen MR) is 97.6 cm³/mol. The molecule has 0 radical (unpaired) electrons. The second-order valence-electron chi connectivity index (χ2n) is 6.57. The first-order valence-electron chi connectivity index (χ1n) is 8.30. The van der Waals surface area contributed by atoms with E-state index in [1.165, 1.54) is 0 Å². The van der Waals surface area contributed by atoms with Crippen molar-refractivity contribution in [1.82, 2.24) is 4.90 Å². The van der Waals surface area contributed by atoms with Gasteiger partial charge in [0.15, 0.2) is 0 Å². The lowest BCUT2D eigenvalue weighted by atomic mass is 10.2. The highest BCUT2D eigenvalue weighted by molar-refractivity contribution is 6.30. The maximum Gasteiger partial charge on any atom is 0.323 e. The molecule has 3 amide bonds. The van der Waals surface area contributed by atoms with Crippen molar-refractivity contribution in [2.75, 3.05) is 10.6 Å². The summed E-state index contributed by atoms with van der Waals surface area (Å²) in [5.41, 5.74) is 2.45. The highest BCUT2D eigenvalue weighted by Crippen LogP contribution is 2.45. The molecule has 2 aromatic carbocycles. The molecule has 2 aliphatic rings. The number of carbonyl (C=O) groups is 2. The molecule has 1 saturated carbocycles. The van der Waals surface area contributed by atoms with Gasteiger partial charge in [-0.15, -0.1) is 0 Å². The Kier molecular flexibility index (Phi) is 4.09. The zero-order valence-corrected chi connectivity index (χ0v) is 14.3. The van der Waals surface area contributed by atoms with Gasteiger partial charge in [0, 0.05) is 35.4 Å². The number of rotatable bonds is 4. The largest absolute Gasteiger partial charge is 0.335 e. The Labute approximate surface area is 151 Å². The topological polar surface area (TPSA) is 61.4 Å². The molecule has 6 heteroatoms. The number of benzene rings is 2. The number of hydrogen-bond acceptors (Lipinski definition) is 2. The van der Waals surface area contributed by atoms with Crippen LogP contribution >= 0.6 is 11.6 Å². The Morgan fingerprint density at radius 3 is 2.20 bits per heavy atom. The molecule has 5 nitrogen and oxygen atoms in total. The number of fused-ring (bicyclic) bond motifs is 1. The maximum absolute atomic E-state index is 12.0. The zero-order valence-electron chi connectivity index (χ0n) is 13.5. The van der Waals surface area contributed by atoms with E-state index in [9.17, 15) is 9.59 Å². The third-order valence-electron chi connectivity index (χ3n) is 4.71. The monoisotopic (exact) mass is 355 g/mol. The van der Waals surface area contributed by atoms with E-state index >= 15 is 0 Å². The fourth-order valence-electron chi connectivity index (χ4n) is 3.28. The molecular formula is C19H18ClN3O2. The number of urea groups is 1. The third-order valence-corrected chi connectivity index (χ3v) is 4.96. The van der Waals surface area contributed by atoms with E-state index in [1.54, 1.807) is 24.3 Å². The lowest BCUT2D eigenvalue weighted by molar-refractivity contribution is -0.129. The molecule has 1 heterocycles. The lowest BCUT2D eigenvalue weighted by Gasteiger charge is -2.18. The van der Waals surface area contributed by atoms with Crippen molar-refractivity contribution >= 4 is 34.9 Å². The average molecular weight is 356 g/mol. The first-order valence-corrected chi connectivity index (χ1v) is 8.68. The molecule has 1 aliphatic heterocycles. The van der Waals surface area contributed by atoms with Crippen LogP contribution in [0.1, 0.15) is 18.4 Å². The summed E-state index contributed by atoms with van der Waals surface area (Å²) in [5, 5.41) is 6.16. The van der Waals surface area contributed by atoms with E-state index in [2.05, 4.69) is 10.6 Å². The smallest absolute Gasteiger partial charge is 0.323 e. The number of anilines is 2. The highest BCUT2D eigenvalue weighted by Gasteiger charge is 2.51. The molecule has 2 fully saturated rings. The van der Waals surface area contributed by atoms with Gasteiger partial charge in [-0.25, -0.2) is 4.79 Å². The molecule has 0 aromatic heterocycles. The SMILES string of the molecule is O=C(Nc1ccc(Cl)cc1)Nc1ccc(CN2C(=O)CC3CC32)cc1. The predicted octanol–water partition coefficient (Wildman–Crippen LogP) is 4.10. The minimum Gasteiger partial charge on any atom is -0.335 e. The number of halogens is 1. The van der Waals surface area contributed by atoms with Crippen LogP contribution < -0.4 is 10.6 Å². The van der Waals surface area contributed by atoms with Crippen molar-refractivity contribution in [3.63, 3.8) is 0 Å². The number of likely N-dealkylation sites (tertiary alicyclic amines) is 1. The van der Waals surface area contributed by atoms with Gasteiger partial charge >= 0.3 is 6.03 Å². The Balaban J connectivity index is 1.33. The molecule has 4 rings (SSSR count). The van der Waals surface area contributed by atoms with Crippen LogP contribution in [0.25, 0.3) is 0 Å². The van der Waals surface area contributed by atoms with Crippen LogP contribution in [-0.2, 0) is 11.3 Å². The molecule has 0 spiro atoms. The Morgan fingerprint density at radius 2 is 1.64 bits per heavy atom. The van der Waals surface area contributed by atoms with Crippen LogP contribution in [0.4, 0.5) is 16.2 Å². The number of nitrogens with one attached hydrogen (secondary N) is 2. The van der Waals surface area contributed by atoms with Gasteiger partial charge in [-0.2, -0.15) is 0 Å². The fourth-order valence-corrected chi connectivity index (χ4v) is 3.41. The molecule has 2 unspecified atom stereocenters. The Bertz CT molecular complexity index is 804. The number of hydrogen-bond donors (Lipinski definition) is 2. The highest BCUT2D eigenvalue weighted by atomic mass is 35.5. The van der Waals surface area contributed by atoms with Crippen LogP contribution in [0.3, 0.4) is 0 Å². The quantitative estimate of drug-likeness (QED) is 0.867. The van der Waals surface area contributed by atoms with Crippen LogP contribution in [0.5, 0.6) is 0 Å². The molecule has 2 N–H and O–H groups in total. The van der Waals surface area contributed by atoms with Gasteiger partial charge in [0.1, 0.15) is 0 Å².